The Bertz CT molecular complexity index is 415. The van der Waals surface area contributed by atoms with Crippen molar-refractivity contribution in [3.63, 3.8) is 0 Å². The smallest absolute Gasteiger partial charge is 0.215 e. The van der Waals surface area contributed by atoms with Crippen LogP contribution in [0.4, 0.5) is 0 Å². The maximum absolute atomic E-state index is 11.8. The van der Waals surface area contributed by atoms with Gasteiger partial charge < -0.3 is 9.84 Å². The molecule has 1 unspecified atom stereocenters. The minimum Gasteiger partial charge on any atom is -0.343 e. The SMILES string of the molecule is CC(C)NCC(C)S(=O)(=O)NCc1ncon1. The van der Waals surface area contributed by atoms with Gasteiger partial charge in [0.05, 0.1) is 11.8 Å². The quantitative estimate of drug-likeness (QED) is 0.711. The summed E-state index contributed by atoms with van der Waals surface area (Å²) in [6.45, 7) is 6.02. The molecule has 0 radical (unpaired) electrons. The molecule has 0 spiro atoms. The van der Waals surface area contributed by atoms with Gasteiger partial charge in [-0.25, -0.2) is 13.1 Å². The third kappa shape index (κ3) is 4.80. The molecule has 7 nitrogen and oxygen atoms in total. The van der Waals surface area contributed by atoms with Crippen LogP contribution in [0.1, 0.15) is 26.6 Å². The zero-order valence-corrected chi connectivity index (χ0v) is 11.0. The topological polar surface area (TPSA) is 97.1 Å². The Morgan fingerprint density at radius 3 is 2.65 bits per heavy atom. The van der Waals surface area contributed by atoms with Crippen molar-refractivity contribution in [3.8, 4) is 0 Å². The summed E-state index contributed by atoms with van der Waals surface area (Å²) >= 11 is 0. The van der Waals surface area contributed by atoms with Crippen LogP contribution in [0.5, 0.6) is 0 Å². The molecule has 17 heavy (non-hydrogen) atoms. The van der Waals surface area contributed by atoms with Crippen LogP contribution in [0, 0.1) is 0 Å². The zero-order valence-electron chi connectivity index (χ0n) is 10.2. The average molecular weight is 262 g/mol. The number of nitrogens with one attached hydrogen (secondary N) is 2. The van der Waals surface area contributed by atoms with E-state index in [1.165, 1.54) is 0 Å². The largest absolute Gasteiger partial charge is 0.343 e. The van der Waals surface area contributed by atoms with Crippen molar-refractivity contribution in [2.45, 2.75) is 38.6 Å². The van der Waals surface area contributed by atoms with Crippen molar-refractivity contribution in [1.82, 2.24) is 20.2 Å². The third-order valence-corrected chi connectivity index (χ3v) is 3.95. The first-order valence-electron chi connectivity index (χ1n) is 5.39. The van der Waals surface area contributed by atoms with Crippen LogP contribution in [0.25, 0.3) is 0 Å². The molecule has 1 aromatic heterocycles. The average Bonchev–Trinajstić information content (AvgIpc) is 2.75. The van der Waals surface area contributed by atoms with Crippen LogP contribution < -0.4 is 10.0 Å². The predicted octanol–water partition coefficient (Wildman–Crippen LogP) is -0.124. The Labute approximate surface area is 101 Å². The lowest BCUT2D eigenvalue weighted by atomic mass is 10.3. The lowest BCUT2D eigenvalue weighted by Crippen LogP contribution is -2.40. The second-order valence-electron chi connectivity index (χ2n) is 4.09. The molecule has 2 N–H and O–H groups in total. The Kier molecular flexibility index (Phi) is 5.03. The minimum absolute atomic E-state index is 0.0465. The zero-order chi connectivity index (χ0) is 12.9. The van der Waals surface area contributed by atoms with E-state index in [0.717, 1.165) is 6.39 Å². The Hall–Kier alpha value is -0.990. The molecule has 0 fully saturated rings. The number of nitrogens with zero attached hydrogens (tertiary/aromatic N) is 2. The summed E-state index contributed by atoms with van der Waals surface area (Å²) in [6, 6.07) is 0.254. The molecule has 1 rings (SSSR count). The fourth-order valence-electron chi connectivity index (χ4n) is 1.09. The second kappa shape index (κ2) is 6.08. The van der Waals surface area contributed by atoms with E-state index in [-0.39, 0.29) is 12.6 Å². The summed E-state index contributed by atoms with van der Waals surface area (Å²) in [5, 5.41) is 6.08. The van der Waals surface area contributed by atoms with E-state index in [1.54, 1.807) is 6.92 Å². The first-order valence-corrected chi connectivity index (χ1v) is 6.93. The third-order valence-electron chi connectivity index (χ3n) is 2.18. The standard InChI is InChI=1S/C9H18N4O3S/c1-7(2)10-4-8(3)17(14,15)12-5-9-11-6-16-13-9/h6-8,10,12H,4-5H2,1-3H3. The maximum Gasteiger partial charge on any atom is 0.215 e. The fraction of sp³-hybridized carbons (Fsp3) is 0.778. The van der Waals surface area contributed by atoms with Gasteiger partial charge in [0.25, 0.3) is 0 Å². The summed E-state index contributed by atoms with van der Waals surface area (Å²) in [6.07, 6.45) is 1.16. The van der Waals surface area contributed by atoms with Crippen LogP contribution >= 0.6 is 0 Å². The molecular weight excluding hydrogens is 244 g/mol. The van der Waals surface area contributed by atoms with Gasteiger partial charge in [0.15, 0.2) is 5.82 Å². The van der Waals surface area contributed by atoms with Gasteiger partial charge in [-0.3, -0.25) is 0 Å². The number of hydrogen-bond acceptors (Lipinski definition) is 6. The van der Waals surface area contributed by atoms with E-state index in [1.807, 2.05) is 13.8 Å². The molecule has 1 atom stereocenters. The van der Waals surface area contributed by atoms with Gasteiger partial charge >= 0.3 is 0 Å². The van der Waals surface area contributed by atoms with Crippen molar-refractivity contribution in [3.05, 3.63) is 12.2 Å². The van der Waals surface area contributed by atoms with Gasteiger partial charge in [0, 0.05) is 12.6 Å². The fourth-order valence-corrected chi connectivity index (χ4v) is 2.02. The van der Waals surface area contributed by atoms with Gasteiger partial charge in [0.2, 0.25) is 16.4 Å². The van der Waals surface area contributed by atoms with Crippen LogP contribution in [0.2, 0.25) is 0 Å². The molecule has 0 bridgehead atoms. The minimum atomic E-state index is -3.37. The van der Waals surface area contributed by atoms with Crippen molar-refractivity contribution < 1.29 is 12.9 Å². The highest BCUT2D eigenvalue weighted by Gasteiger charge is 2.20. The molecule has 0 aromatic carbocycles. The van der Waals surface area contributed by atoms with Crippen molar-refractivity contribution in [2.24, 2.45) is 0 Å². The lowest BCUT2D eigenvalue weighted by Gasteiger charge is -2.15. The van der Waals surface area contributed by atoms with Crippen LogP contribution in [0.15, 0.2) is 10.9 Å². The van der Waals surface area contributed by atoms with Gasteiger partial charge in [-0.1, -0.05) is 19.0 Å². The number of rotatable bonds is 7. The Morgan fingerprint density at radius 2 is 2.12 bits per heavy atom. The highest BCUT2D eigenvalue weighted by atomic mass is 32.2. The van der Waals surface area contributed by atoms with Gasteiger partial charge in [-0.2, -0.15) is 4.98 Å². The summed E-state index contributed by atoms with van der Waals surface area (Å²) in [5.74, 6) is 0.317. The molecule has 8 heteroatoms. The Morgan fingerprint density at radius 1 is 1.41 bits per heavy atom. The number of sulfonamides is 1. The van der Waals surface area contributed by atoms with Crippen molar-refractivity contribution in [2.75, 3.05) is 6.54 Å². The van der Waals surface area contributed by atoms with E-state index in [9.17, 15) is 8.42 Å². The summed E-state index contributed by atoms with van der Waals surface area (Å²) in [5.41, 5.74) is 0. The van der Waals surface area contributed by atoms with Crippen molar-refractivity contribution >= 4 is 10.0 Å². The summed E-state index contributed by atoms with van der Waals surface area (Å²) in [4.78, 5) is 3.73. The Balaban J connectivity index is 2.44. The van der Waals surface area contributed by atoms with Crippen molar-refractivity contribution in [1.29, 1.82) is 0 Å². The molecule has 1 aromatic rings. The number of aromatic nitrogens is 2. The van der Waals surface area contributed by atoms with Crippen LogP contribution in [-0.2, 0) is 16.6 Å². The van der Waals surface area contributed by atoms with E-state index in [0.29, 0.717) is 12.4 Å². The normalized spacial score (nSPS) is 14.1. The lowest BCUT2D eigenvalue weighted by molar-refractivity contribution is 0.409. The van der Waals surface area contributed by atoms with E-state index < -0.39 is 15.3 Å². The molecule has 0 amide bonds. The highest BCUT2D eigenvalue weighted by molar-refractivity contribution is 7.90. The van der Waals surface area contributed by atoms with Crippen LogP contribution in [0.3, 0.4) is 0 Å². The van der Waals surface area contributed by atoms with Gasteiger partial charge in [-0.05, 0) is 6.92 Å². The molecule has 0 saturated heterocycles. The van der Waals surface area contributed by atoms with E-state index in [2.05, 4.69) is 24.7 Å². The summed E-state index contributed by atoms with van der Waals surface area (Å²) in [7, 11) is -3.37. The molecule has 0 aliphatic carbocycles. The number of hydrogen-bond donors (Lipinski definition) is 2. The summed E-state index contributed by atoms with van der Waals surface area (Å²) < 4.78 is 30.5. The van der Waals surface area contributed by atoms with Gasteiger partial charge in [-0.15, -0.1) is 0 Å². The molecular formula is C9H18N4O3S. The first kappa shape index (κ1) is 14.1. The molecule has 98 valence electrons. The molecule has 1 heterocycles. The molecule has 0 aliphatic heterocycles. The first-order chi connectivity index (χ1) is 7.92. The van der Waals surface area contributed by atoms with Crippen LogP contribution in [-0.4, -0.2) is 36.4 Å². The maximum atomic E-state index is 11.8. The second-order valence-corrected chi connectivity index (χ2v) is 6.27. The van der Waals surface area contributed by atoms with E-state index >= 15 is 0 Å². The highest BCUT2D eigenvalue weighted by Crippen LogP contribution is 1.99. The van der Waals surface area contributed by atoms with Gasteiger partial charge in [0.1, 0.15) is 0 Å². The monoisotopic (exact) mass is 262 g/mol. The predicted molar refractivity (Wildman–Crippen MR) is 62.7 cm³/mol. The van der Waals surface area contributed by atoms with E-state index in [4.69, 9.17) is 0 Å². The molecule has 0 saturated carbocycles. The molecule has 0 aliphatic rings.